The normalized spacial score (nSPS) is 10.3. The SMILES string of the molecule is CCCNCc1ccn(C(F)F)n1.Cl. The summed E-state index contributed by atoms with van der Waals surface area (Å²) in [4.78, 5) is 0. The predicted molar refractivity (Wildman–Crippen MR) is 52.7 cm³/mol. The van der Waals surface area contributed by atoms with E-state index in [2.05, 4.69) is 10.4 Å². The van der Waals surface area contributed by atoms with Crippen LogP contribution >= 0.6 is 12.4 Å². The molecule has 0 radical (unpaired) electrons. The molecular weight excluding hydrogens is 212 g/mol. The second-order valence-corrected chi connectivity index (χ2v) is 2.74. The van der Waals surface area contributed by atoms with Crippen molar-refractivity contribution in [2.75, 3.05) is 6.54 Å². The van der Waals surface area contributed by atoms with E-state index < -0.39 is 6.55 Å². The fraction of sp³-hybridized carbons (Fsp3) is 0.625. The van der Waals surface area contributed by atoms with E-state index in [1.807, 2.05) is 6.92 Å². The highest BCUT2D eigenvalue weighted by molar-refractivity contribution is 5.85. The highest BCUT2D eigenvalue weighted by Crippen LogP contribution is 2.08. The molecule has 0 saturated heterocycles. The standard InChI is InChI=1S/C8H13F2N3.ClH/c1-2-4-11-6-7-3-5-13(12-7)8(9)10;/h3,5,8,11H,2,4,6H2,1H3;1H. The van der Waals surface area contributed by atoms with Gasteiger partial charge in [-0.25, -0.2) is 4.68 Å². The minimum Gasteiger partial charge on any atom is -0.311 e. The van der Waals surface area contributed by atoms with Gasteiger partial charge in [0.25, 0.3) is 0 Å². The van der Waals surface area contributed by atoms with E-state index in [1.165, 1.54) is 6.20 Å². The van der Waals surface area contributed by atoms with Crippen LogP contribution in [0.2, 0.25) is 0 Å². The lowest BCUT2D eigenvalue weighted by molar-refractivity contribution is 0.0561. The molecule has 1 N–H and O–H groups in total. The minimum atomic E-state index is -2.54. The van der Waals surface area contributed by atoms with E-state index >= 15 is 0 Å². The first-order chi connectivity index (χ1) is 6.24. The van der Waals surface area contributed by atoms with Crippen molar-refractivity contribution < 1.29 is 8.78 Å². The number of aromatic nitrogens is 2. The Kier molecular flexibility index (Phi) is 6.40. The number of rotatable bonds is 5. The lowest BCUT2D eigenvalue weighted by Crippen LogP contribution is -2.14. The smallest absolute Gasteiger partial charge is 0.311 e. The Balaban J connectivity index is 0.00000169. The topological polar surface area (TPSA) is 29.9 Å². The van der Waals surface area contributed by atoms with Crippen molar-refractivity contribution >= 4 is 12.4 Å². The van der Waals surface area contributed by atoms with Crippen LogP contribution in [0.5, 0.6) is 0 Å². The summed E-state index contributed by atoms with van der Waals surface area (Å²) >= 11 is 0. The summed E-state index contributed by atoms with van der Waals surface area (Å²) in [6, 6.07) is 1.59. The molecule has 0 bridgehead atoms. The van der Waals surface area contributed by atoms with Crippen LogP contribution in [0.25, 0.3) is 0 Å². The molecule has 14 heavy (non-hydrogen) atoms. The lowest BCUT2D eigenvalue weighted by Gasteiger charge is -1.99. The Morgan fingerprint density at radius 3 is 2.79 bits per heavy atom. The first-order valence-electron chi connectivity index (χ1n) is 4.27. The van der Waals surface area contributed by atoms with Gasteiger partial charge in [-0.15, -0.1) is 12.4 Å². The van der Waals surface area contributed by atoms with Crippen molar-refractivity contribution in [1.82, 2.24) is 15.1 Å². The summed E-state index contributed by atoms with van der Waals surface area (Å²) in [5.74, 6) is 0. The molecule has 0 amide bonds. The largest absolute Gasteiger partial charge is 0.333 e. The molecule has 0 saturated carbocycles. The molecule has 3 nitrogen and oxygen atoms in total. The van der Waals surface area contributed by atoms with Gasteiger partial charge in [-0.1, -0.05) is 6.92 Å². The van der Waals surface area contributed by atoms with Gasteiger partial charge < -0.3 is 5.32 Å². The molecule has 0 spiro atoms. The molecule has 6 heteroatoms. The third-order valence-electron chi connectivity index (χ3n) is 1.60. The number of nitrogens with zero attached hydrogens (tertiary/aromatic N) is 2. The number of alkyl halides is 2. The number of nitrogens with one attached hydrogen (secondary N) is 1. The van der Waals surface area contributed by atoms with Gasteiger partial charge in [0, 0.05) is 12.7 Å². The third kappa shape index (κ3) is 4.02. The zero-order valence-electron chi connectivity index (χ0n) is 7.91. The first-order valence-corrected chi connectivity index (χ1v) is 4.27. The van der Waals surface area contributed by atoms with Gasteiger partial charge in [-0.2, -0.15) is 13.9 Å². The Hall–Kier alpha value is -0.680. The quantitative estimate of drug-likeness (QED) is 0.779. The number of hydrogen-bond donors (Lipinski definition) is 1. The van der Waals surface area contributed by atoms with Gasteiger partial charge in [0.15, 0.2) is 0 Å². The van der Waals surface area contributed by atoms with E-state index in [0.29, 0.717) is 16.9 Å². The summed E-state index contributed by atoms with van der Waals surface area (Å²) in [6.07, 6.45) is 2.31. The molecule has 82 valence electrons. The second-order valence-electron chi connectivity index (χ2n) is 2.74. The third-order valence-corrected chi connectivity index (χ3v) is 1.60. The van der Waals surface area contributed by atoms with Gasteiger partial charge in [0.05, 0.1) is 5.69 Å². The van der Waals surface area contributed by atoms with Gasteiger partial charge in [0.1, 0.15) is 0 Å². The van der Waals surface area contributed by atoms with Crippen LogP contribution in [0, 0.1) is 0 Å². The van der Waals surface area contributed by atoms with Crippen molar-refractivity contribution in [3.8, 4) is 0 Å². The maximum absolute atomic E-state index is 12.0. The van der Waals surface area contributed by atoms with Crippen LogP contribution in [0.4, 0.5) is 8.78 Å². The van der Waals surface area contributed by atoms with E-state index in [-0.39, 0.29) is 12.4 Å². The monoisotopic (exact) mass is 225 g/mol. The number of halogens is 3. The van der Waals surface area contributed by atoms with Gasteiger partial charge >= 0.3 is 6.55 Å². The molecular formula is C8H14ClF2N3. The van der Waals surface area contributed by atoms with Crippen LogP contribution in [0.3, 0.4) is 0 Å². The van der Waals surface area contributed by atoms with Gasteiger partial charge in [0.2, 0.25) is 0 Å². The lowest BCUT2D eigenvalue weighted by atomic mass is 10.4. The minimum absolute atomic E-state index is 0. The summed E-state index contributed by atoms with van der Waals surface area (Å²) < 4.78 is 24.8. The van der Waals surface area contributed by atoms with Crippen LogP contribution in [-0.2, 0) is 6.54 Å². The fourth-order valence-electron chi connectivity index (χ4n) is 0.974. The highest BCUT2D eigenvalue weighted by atomic mass is 35.5. The van der Waals surface area contributed by atoms with Crippen molar-refractivity contribution in [3.63, 3.8) is 0 Å². The molecule has 0 unspecified atom stereocenters. The molecule has 0 atom stereocenters. The zero-order chi connectivity index (χ0) is 9.68. The maximum Gasteiger partial charge on any atom is 0.333 e. The molecule has 0 aliphatic carbocycles. The van der Waals surface area contributed by atoms with E-state index in [4.69, 9.17) is 0 Å². The maximum atomic E-state index is 12.0. The van der Waals surface area contributed by atoms with E-state index in [1.54, 1.807) is 6.07 Å². The van der Waals surface area contributed by atoms with Crippen molar-refractivity contribution in [3.05, 3.63) is 18.0 Å². The Bertz CT molecular complexity index is 252. The van der Waals surface area contributed by atoms with Crippen LogP contribution in [0.1, 0.15) is 25.6 Å². The van der Waals surface area contributed by atoms with Crippen molar-refractivity contribution in [1.29, 1.82) is 0 Å². The highest BCUT2D eigenvalue weighted by Gasteiger charge is 2.06. The zero-order valence-corrected chi connectivity index (χ0v) is 8.73. The fourth-order valence-corrected chi connectivity index (χ4v) is 0.974. The Labute approximate surface area is 87.9 Å². The molecule has 1 aromatic heterocycles. The molecule has 1 heterocycles. The summed E-state index contributed by atoms with van der Waals surface area (Å²) in [5.41, 5.74) is 0.647. The molecule has 0 aliphatic heterocycles. The average Bonchev–Trinajstić information content (AvgIpc) is 2.53. The summed E-state index contributed by atoms with van der Waals surface area (Å²) in [5, 5.41) is 6.77. The molecule has 0 aliphatic rings. The molecule has 1 aromatic rings. The van der Waals surface area contributed by atoms with Crippen LogP contribution < -0.4 is 5.32 Å². The Morgan fingerprint density at radius 2 is 2.29 bits per heavy atom. The predicted octanol–water partition coefficient (Wildman–Crippen LogP) is 2.20. The first kappa shape index (κ1) is 13.3. The van der Waals surface area contributed by atoms with Gasteiger partial charge in [-0.05, 0) is 19.0 Å². The molecule has 0 fully saturated rings. The van der Waals surface area contributed by atoms with Crippen molar-refractivity contribution in [2.45, 2.75) is 26.4 Å². The number of hydrogen-bond acceptors (Lipinski definition) is 2. The molecule has 0 aromatic carbocycles. The van der Waals surface area contributed by atoms with Crippen LogP contribution in [-0.4, -0.2) is 16.3 Å². The van der Waals surface area contributed by atoms with Crippen molar-refractivity contribution in [2.24, 2.45) is 0 Å². The summed E-state index contributed by atoms with van der Waals surface area (Å²) in [7, 11) is 0. The van der Waals surface area contributed by atoms with E-state index in [9.17, 15) is 8.78 Å². The van der Waals surface area contributed by atoms with E-state index in [0.717, 1.165) is 13.0 Å². The summed E-state index contributed by atoms with van der Waals surface area (Å²) in [6.45, 7) is 0.930. The average molecular weight is 226 g/mol. The van der Waals surface area contributed by atoms with Crippen LogP contribution in [0.15, 0.2) is 12.3 Å². The molecule has 1 rings (SSSR count). The Morgan fingerprint density at radius 1 is 1.57 bits per heavy atom. The van der Waals surface area contributed by atoms with Gasteiger partial charge in [-0.3, -0.25) is 0 Å². The second kappa shape index (κ2) is 6.73.